The van der Waals surface area contributed by atoms with E-state index in [2.05, 4.69) is 12.2 Å². The zero-order valence-corrected chi connectivity index (χ0v) is 14.1. The molecule has 118 valence electrons. The molecule has 0 bridgehead atoms. The lowest BCUT2D eigenvalue weighted by molar-refractivity contribution is -0.00814. The molecule has 1 aromatic carbocycles. The number of rotatable bonds is 6. The minimum Gasteiger partial charge on any atom is -0.495 e. The average Bonchev–Trinajstić information content (AvgIpc) is 2.51. The lowest BCUT2D eigenvalue weighted by Crippen LogP contribution is -2.36. The molecule has 0 aliphatic carbocycles. The van der Waals surface area contributed by atoms with E-state index in [1.807, 2.05) is 6.07 Å². The van der Waals surface area contributed by atoms with Gasteiger partial charge in [0.05, 0.1) is 24.3 Å². The standard InChI is InChI=1S/C16H23Cl2NO2/c1-3-7-19-16(14-6-4-5-8-21-14)11-9-13(18)15(20-2)10-12(11)17/h9-10,14,16,19H,3-8H2,1-2H3. The van der Waals surface area contributed by atoms with E-state index in [-0.39, 0.29) is 12.1 Å². The van der Waals surface area contributed by atoms with E-state index in [0.717, 1.165) is 38.0 Å². The van der Waals surface area contributed by atoms with Crippen LogP contribution in [0.3, 0.4) is 0 Å². The summed E-state index contributed by atoms with van der Waals surface area (Å²) in [4.78, 5) is 0. The third-order valence-electron chi connectivity index (χ3n) is 3.81. The lowest BCUT2D eigenvalue weighted by atomic mass is 9.95. The Morgan fingerprint density at radius 3 is 2.76 bits per heavy atom. The van der Waals surface area contributed by atoms with Gasteiger partial charge in [0.2, 0.25) is 0 Å². The summed E-state index contributed by atoms with van der Waals surface area (Å²) in [5, 5.41) is 4.80. The van der Waals surface area contributed by atoms with Gasteiger partial charge in [0.15, 0.2) is 0 Å². The van der Waals surface area contributed by atoms with Crippen molar-refractivity contribution >= 4 is 23.2 Å². The van der Waals surface area contributed by atoms with Crippen molar-refractivity contribution in [2.75, 3.05) is 20.3 Å². The summed E-state index contributed by atoms with van der Waals surface area (Å²) in [5.74, 6) is 0.601. The third kappa shape index (κ3) is 4.26. The normalized spacial score (nSPS) is 20.3. The van der Waals surface area contributed by atoms with E-state index in [0.29, 0.717) is 15.8 Å². The Balaban J connectivity index is 2.28. The van der Waals surface area contributed by atoms with Gasteiger partial charge in [0.1, 0.15) is 5.75 Å². The third-order valence-corrected chi connectivity index (χ3v) is 4.43. The maximum Gasteiger partial charge on any atom is 0.138 e. The van der Waals surface area contributed by atoms with Crippen LogP contribution in [0.5, 0.6) is 5.75 Å². The van der Waals surface area contributed by atoms with Crippen LogP contribution in [0.15, 0.2) is 12.1 Å². The highest BCUT2D eigenvalue weighted by atomic mass is 35.5. The van der Waals surface area contributed by atoms with Crippen LogP contribution < -0.4 is 10.1 Å². The number of ether oxygens (including phenoxy) is 2. The molecule has 0 radical (unpaired) electrons. The SMILES string of the molecule is CCCNC(c1cc(Cl)c(OC)cc1Cl)C1CCCCO1. The highest BCUT2D eigenvalue weighted by Gasteiger charge is 2.28. The Bertz CT molecular complexity index is 462. The molecule has 1 fully saturated rings. The van der Waals surface area contributed by atoms with Crippen molar-refractivity contribution in [1.82, 2.24) is 5.32 Å². The fourth-order valence-corrected chi connectivity index (χ4v) is 3.23. The summed E-state index contributed by atoms with van der Waals surface area (Å²) < 4.78 is 11.2. The van der Waals surface area contributed by atoms with Crippen LogP contribution in [0.4, 0.5) is 0 Å². The average molecular weight is 332 g/mol. The molecule has 2 rings (SSSR count). The molecule has 0 amide bonds. The van der Waals surface area contributed by atoms with E-state index < -0.39 is 0 Å². The second kappa shape index (κ2) is 8.23. The molecule has 1 aromatic rings. The smallest absolute Gasteiger partial charge is 0.138 e. The van der Waals surface area contributed by atoms with Crippen molar-refractivity contribution in [3.8, 4) is 5.75 Å². The first kappa shape index (κ1) is 16.9. The number of methoxy groups -OCH3 is 1. The molecule has 1 heterocycles. The molecular weight excluding hydrogens is 309 g/mol. The molecule has 0 saturated carbocycles. The first-order valence-electron chi connectivity index (χ1n) is 7.55. The van der Waals surface area contributed by atoms with Crippen LogP contribution in [0, 0.1) is 0 Å². The molecule has 1 saturated heterocycles. The Morgan fingerprint density at radius 1 is 1.33 bits per heavy atom. The van der Waals surface area contributed by atoms with Crippen LogP contribution in [-0.2, 0) is 4.74 Å². The van der Waals surface area contributed by atoms with Gasteiger partial charge in [-0.15, -0.1) is 0 Å². The van der Waals surface area contributed by atoms with Gasteiger partial charge in [-0.1, -0.05) is 30.1 Å². The maximum atomic E-state index is 6.44. The molecule has 5 heteroatoms. The number of nitrogens with one attached hydrogen (secondary N) is 1. The number of benzene rings is 1. The summed E-state index contributed by atoms with van der Waals surface area (Å²) >= 11 is 12.7. The van der Waals surface area contributed by atoms with Gasteiger partial charge in [0.25, 0.3) is 0 Å². The van der Waals surface area contributed by atoms with Gasteiger partial charge in [-0.3, -0.25) is 0 Å². The molecule has 3 nitrogen and oxygen atoms in total. The van der Waals surface area contributed by atoms with E-state index in [4.69, 9.17) is 32.7 Å². The molecule has 1 N–H and O–H groups in total. The van der Waals surface area contributed by atoms with Crippen LogP contribution in [-0.4, -0.2) is 26.4 Å². The fraction of sp³-hybridized carbons (Fsp3) is 0.625. The van der Waals surface area contributed by atoms with Crippen molar-refractivity contribution < 1.29 is 9.47 Å². The zero-order valence-electron chi connectivity index (χ0n) is 12.6. The van der Waals surface area contributed by atoms with Gasteiger partial charge in [-0.2, -0.15) is 0 Å². The van der Waals surface area contributed by atoms with E-state index >= 15 is 0 Å². The van der Waals surface area contributed by atoms with Crippen molar-refractivity contribution in [3.63, 3.8) is 0 Å². The predicted molar refractivity (Wildman–Crippen MR) is 87.6 cm³/mol. The molecule has 0 aromatic heterocycles. The summed E-state index contributed by atoms with van der Waals surface area (Å²) in [6.45, 7) is 3.88. The fourth-order valence-electron chi connectivity index (χ4n) is 2.71. The van der Waals surface area contributed by atoms with E-state index in [9.17, 15) is 0 Å². The zero-order chi connectivity index (χ0) is 15.2. The molecule has 2 atom stereocenters. The molecule has 0 spiro atoms. The number of hydrogen-bond acceptors (Lipinski definition) is 3. The largest absolute Gasteiger partial charge is 0.495 e. The summed E-state index contributed by atoms with van der Waals surface area (Å²) in [5.41, 5.74) is 0.989. The number of halogens is 2. The second-order valence-electron chi connectivity index (χ2n) is 5.35. The lowest BCUT2D eigenvalue weighted by Gasteiger charge is -2.32. The number of hydrogen-bond donors (Lipinski definition) is 1. The van der Waals surface area contributed by atoms with E-state index in [1.54, 1.807) is 13.2 Å². The molecule has 2 unspecified atom stereocenters. The monoisotopic (exact) mass is 331 g/mol. The van der Waals surface area contributed by atoms with Crippen molar-refractivity contribution in [1.29, 1.82) is 0 Å². The molecule has 21 heavy (non-hydrogen) atoms. The molecule has 1 aliphatic heterocycles. The first-order valence-corrected chi connectivity index (χ1v) is 8.30. The van der Waals surface area contributed by atoms with E-state index in [1.165, 1.54) is 6.42 Å². The highest BCUT2D eigenvalue weighted by Crippen LogP contribution is 2.37. The summed E-state index contributed by atoms with van der Waals surface area (Å²) in [6.07, 6.45) is 4.57. The van der Waals surface area contributed by atoms with Gasteiger partial charge >= 0.3 is 0 Å². The van der Waals surface area contributed by atoms with Crippen LogP contribution >= 0.6 is 23.2 Å². The van der Waals surface area contributed by atoms with Crippen molar-refractivity contribution in [3.05, 3.63) is 27.7 Å². The summed E-state index contributed by atoms with van der Waals surface area (Å²) in [6, 6.07) is 3.75. The topological polar surface area (TPSA) is 30.5 Å². The van der Waals surface area contributed by atoms with Gasteiger partial charge in [-0.25, -0.2) is 0 Å². The Morgan fingerprint density at radius 2 is 2.14 bits per heavy atom. The minimum atomic E-state index is 0.0705. The predicted octanol–water partition coefficient (Wildman–Crippen LogP) is 4.61. The quantitative estimate of drug-likeness (QED) is 0.825. The van der Waals surface area contributed by atoms with Gasteiger partial charge in [-0.05, 0) is 43.9 Å². The minimum absolute atomic E-state index is 0.0705. The Hall–Kier alpha value is -0.480. The van der Waals surface area contributed by atoms with Crippen molar-refractivity contribution in [2.24, 2.45) is 0 Å². The Kier molecular flexibility index (Phi) is 6.62. The highest BCUT2D eigenvalue weighted by molar-refractivity contribution is 6.34. The molecular formula is C16H23Cl2NO2. The Labute approximate surface area is 136 Å². The van der Waals surface area contributed by atoms with Gasteiger partial charge in [0, 0.05) is 17.7 Å². The van der Waals surface area contributed by atoms with Crippen molar-refractivity contribution in [2.45, 2.75) is 44.8 Å². The van der Waals surface area contributed by atoms with Crippen LogP contribution in [0.25, 0.3) is 0 Å². The molecule has 1 aliphatic rings. The maximum absolute atomic E-state index is 6.44. The van der Waals surface area contributed by atoms with Gasteiger partial charge < -0.3 is 14.8 Å². The second-order valence-corrected chi connectivity index (χ2v) is 6.16. The van der Waals surface area contributed by atoms with Crippen LogP contribution in [0.2, 0.25) is 10.0 Å². The van der Waals surface area contributed by atoms with Crippen LogP contribution in [0.1, 0.15) is 44.2 Å². The summed E-state index contributed by atoms with van der Waals surface area (Å²) in [7, 11) is 1.59. The first-order chi connectivity index (χ1) is 10.2.